The van der Waals surface area contributed by atoms with Gasteiger partial charge in [0.2, 0.25) is 5.91 Å². The molecule has 0 bridgehead atoms. The van der Waals surface area contributed by atoms with Crippen molar-refractivity contribution in [1.82, 2.24) is 5.32 Å². The Morgan fingerprint density at radius 3 is 2.25 bits per heavy atom. The molecule has 0 aromatic carbocycles. The Morgan fingerprint density at radius 1 is 1.50 bits per heavy atom. The second-order valence-corrected chi connectivity index (χ2v) is 2.62. The molecule has 0 radical (unpaired) electrons. The molecule has 0 aromatic heterocycles. The van der Waals surface area contributed by atoms with E-state index in [0.717, 1.165) is 0 Å². The molecule has 0 spiro atoms. The molecule has 0 unspecified atom stereocenters. The van der Waals surface area contributed by atoms with Gasteiger partial charge in [-0.1, -0.05) is 0 Å². The smallest absolute Gasteiger partial charge is 0.310 e. The minimum Gasteiger partial charge on any atom is -0.481 e. The molecule has 0 fully saturated rings. The Labute approximate surface area is 70.4 Å². The van der Waals surface area contributed by atoms with E-state index in [1.54, 1.807) is 0 Å². The van der Waals surface area contributed by atoms with Crippen LogP contribution in [-0.4, -0.2) is 34.7 Å². The van der Waals surface area contributed by atoms with Gasteiger partial charge in [0.05, 0.1) is 12.0 Å². The topological polar surface area (TPSA) is 86.6 Å². The lowest BCUT2D eigenvalue weighted by atomic mass is 10.0. The van der Waals surface area contributed by atoms with Crippen LogP contribution in [0.2, 0.25) is 0 Å². The van der Waals surface area contributed by atoms with Gasteiger partial charge in [-0.05, 0) is 6.92 Å². The van der Waals surface area contributed by atoms with Gasteiger partial charge in [0, 0.05) is 13.5 Å². The fourth-order valence-electron chi connectivity index (χ4n) is 0.718. The second-order valence-electron chi connectivity index (χ2n) is 2.62. The Kier molecular flexibility index (Phi) is 4.28. The molecular weight excluding hydrogens is 162 g/mol. The number of aliphatic carboxylic acids is 1. The van der Waals surface area contributed by atoms with E-state index in [-0.39, 0.29) is 12.5 Å². The van der Waals surface area contributed by atoms with Crippen LogP contribution < -0.4 is 5.32 Å². The number of hydrogen-bond acceptors (Lipinski definition) is 3. The molecule has 0 aliphatic heterocycles. The number of nitrogens with one attached hydrogen (secondary N) is 1. The highest BCUT2D eigenvalue weighted by Gasteiger charge is 2.22. The highest BCUT2D eigenvalue weighted by atomic mass is 16.4. The lowest BCUT2D eigenvalue weighted by molar-refractivity contribution is -0.145. The Hall–Kier alpha value is -1.10. The molecule has 0 saturated carbocycles. The summed E-state index contributed by atoms with van der Waals surface area (Å²) in [6, 6.07) is 0. The number of carbonyl (C=O) groups is 2. The van der Waals surface area contributed by atoms with Crippen LogP contribution in [0.1, 0.15) is 13.8 Å². The zero-order valence-electron chi connectivity index (χ0n) is 7.07. The highest BCUT2D eigenvalue weighted by molar-refractivity contribution is 5.75. The Balaban J connectivity index is 3.97. The first-order chi connectivity index (χ1) is 5.45. The van der Waals surface area contributed by atoms with Gasteiger partial charge < -0.3 is 15.5 Å². The molecule has 5 heteroatoms. The predicted molar refractivity (Wildman–Crippen MR) is 41.5 cm³/mol. The number of amides is 1. The molecule has 0 aliphatic carbocycles. The third-order valence-corrected chi connectivity index (χ3v) is 1.47. The Bertz CT molecular complexity index is 178. The highest BCUT2D eigenvalue weighted by Crippen LogP contribution is 2.01. The largest absolute Gasteiger partial charge is 0.481 e. The van der Waals surface area contributed by atoms with Crippen molar-refractivity contribution in [2.75, 3.05) is 6.54 Å². The van der Waals surface area contributed by atoms with Crippen molar-refractivity contribution in [3.8, 4) is 0 Å². The van der Waals surface area contributed by atoms with E-state index >= 15 is 0 Å². The van der Waals surface area contributed by atoms with Gasteiger partial charge >= 0.3 is 5.97 Å². The molecule has 70 valence electrons. The van der Waals surface area contributed by atoms with E-state index in [0.29, 0.717) is 0 Å². The molecule has 2 atom stereocenters. The van der Waals surface area contributed by atoms with Crippen LogP contribution >= 0.6 is 0 Å². The molecule has 0 saturated heterocycles. The van der Waals surface area contributed by atoms with E-state index in [1.165, 1.54) is 13.8 Å². The predicted octanol–water partition coefficient (Wildman–Crippen LogP) is -0.796. The second kappa shape index (κ2) is 4.71. The average molecular weight is 175 g/mol. The number of aliphatic hydroxyl groups excluding tert-OH is 1. The lowest BCUT2D eigenvalue weighted by Crippen LogP contribution is -2.37. The molecule has 0 rings (SSSR count). The summed E-state index contributed by atoms with van der Waals surface area (Å²) >= 11 is 0. The van der Waals surface area contributed by atoms with Crippen LogP contribution in [-0.2, 0) is 9.59 Å². The molecule has 3 N–H and O–H groups in total. The molecule has 0 heterocycles. The first kappa shape index (κ1) is 10.9. The number of carboxylic acid groups (broad SMARTS) is 1. The van der Waals surface area contributed by atoms with Crippen molar-refractivity contribution < 1.29 is 19.8 Å². The van der Waals surface area contributed by atoms with Crippen molar-refractivity contribution in [2.45, 2.75) is 20.0 Å². The quantitative estimate of drug-likeness (QED) is 0.522. The first-order valence-corrected chi connectivity index (χ1v) is 3.60. The molecule has 1 amide bonds. The summed E-state index contributed by atoms with van der Waals surface area (Å²) in [5.74, 6) is -2.35. The van der Waals surface area contributed by atoms with Gasteiger partial charge in [-0.15, -0.1) is 0 Å². The van der Waals surface area contributed by atoms with Crippen LogP contribution in [0, 0.1) is 5.92 Å². The maximum atomic E-state index is 10.4. The van der Waals surface area contributed by atoms with E-state index in [4.69, 9.17) is 10.2 Å². The Morgan fingerprint density at radius 2 is 2.00 bits per heavy atom. The molecule has 5 nitrogen and oxygen atoms in total. The fourth-order valence-corrected chi connectivity index (χ4v) is 0.718. The normalized spacial score (nSPS) is 14.9. The molecule has 12 heavy (non-hydrogen) atoms. The average Bonchev–Trinajstić information content (AvgIpc) is 1.84. The first-order valence-electron chi connectivity index (χ1n) is 3.60. The standard InChI is InChI=1S/C7H13NO4/c1-4(9)6(7(11)12)3-8-5(2)10/h4,6,9H,3H2,1-2H3,(H,8,10)(H,11,12)/t4-,6+/m1/s1. The van der Waals surface area contributed by atoms with Crippen molar-refractivity contribution in [3.05, 3.63) is 0 Å². The van der Waals surface area contributed by atoms with Crippen LogP contribution in [0.15, 0.2) is 0 Å². The van der Waals surface area contributed by atoms with Crippen LogP contribution in [0.3, 0.4) is 0 Å². The van der Waals surface area contributed by atoms with Crippen LogP contribution in [0.4, 0.5) is 0 Å². The maximum Gasteiger partial charge on any atom is 0.310 e. The third kappa shape index (κ3) is 3.92. The summed E-state index contributed by atoms with van der Waals surface area (Å²) in [6.45, 7) is 2.63. The zero-order chi connectivity index (χ0) is 9.72. The van der Waals surface area contributed by atoms with Gasteiger partial charge in [0.1, 0.15) is 0 Å². The maximum absolute atomic E-state index is 10.4. The fraction of sp³-hybridized carbons (Fsp3) is 0.714. The molecular formula is C7H13NO4. The lowest BCUT2D eigenvalue weighted by Gasteiger charge is -2.14. The third-order valence-electron chi connectivity index (χ3n) is 1.47. The minimum atomic E-state index is -1.11. The minimum absolute atomic E-state index is 0.0394. The summed E-state index contributed by atoms with van der Waals surface area (Å²) < 4.78 is 0. The number of carbonyl (C=O) groups excluding carboxylic acids is 1. The van der Waals surface area contributed by atoms with Gasteiger partial charge in [0.25, 0.3) is 0 Å². The van der Waals surface area contributed by atoms with Gasteiger partial charge in [-0.2, -0.15) is 0 Å². The number of carboxylic acids is 1. The van der Waals surface area contributed by atoms with E-state index in [1.807, 2.05) is 0 Å². The van der Waals surface area contributed by atoms with E-state index < -0.39 is 18.0 Å². The van der Waals surface area contributed by atoms with Gasteiger partial charge in [-0.3, -0.25) is 9.59 Å². The number of aliphatic hydroxyl groups is 1. The SMILES string of the molecule is CC(=O)NC[C@H](C(=O)O)[C@@H](C)O. The monoisotopic (exact) mass is 175 g/mol. The zero-order valence-corrected chi connectivity index (χ0v) is 7.07. The van der Waals surface area contributed by atoms with Gasteiger partial charge in [0.15, 0.2) is 0 Å². The van der Waals surface area contributed by atoms with Crippen LogP contribution in [0.25, 0.3) is 0 Å². The summed E-state index contributed by atoms with van der Waals surface area (Å²) in [5.41, 5.74) is 0. The number of hydrogen-bond donors (Lipinski definition) is 3. The van der Waals surface area contributed by atoms with E-state index in [2.05, 4.69) is 5.32 Å². The summed E-state index contributed by atoms with van der Waals surface area (Å²) in [6.07, 6.45) is -0.964. The van der Waals surface area contributed by atoms with Gasteiger partial charge in [-0.25, -0.2) is 0 Å². The van der Waals surface area contributed by atoms with Crippen molar-refractivity contribution >= 4 is 11.9 Å². The summed E-state index contributed by atoms with van der Waals surface area (Å²) in [4.78, 5) is 20.8. The van der Waals surface area contributed by atoms with Crippen molar-refractivity contribution in [2.24, 2.45) is 5.92 Å². The molecule has 0 aromatic rings. The van der Waals surface area contributed by atoms with Crippen LogP contribution in [0.5, 0.6) is 0 Å². The summed E-state index contributed by atoms with van der Waals surface area (Å²) in [7, 11) is 0. The van der Waals surface area contributed by atoms with Crippen molar-refractivity contribution in [1.29, 1.82) is 0 Å². The van der Waals surface area contributed by atoms with Crippen molar-refractivity contribution in [3.63, 3.8) is 0 Å². The van der Waals surface area contributed by atoms with E-state index in [9.17, 15) is 9.59 Å². The molecule has 0 aliphatic rings. The number of rotatable bonds is 4. The summed E-state index contributed by atoms with van der Waals surface area (Å²) in [5, 5.41) is 19.8.